The van der Waals surface area contributed by atoms with Gasteiger partial charge < -0.3 is 5.32 Å². The topological polar surface area (TPSA) is 12.0 Å². The highest BCUT2D eigenvalue weighted by Gasteiger charge is 2.13. The zero-order valence-corrected chi connectivity index (χ0v) is 13.1. The second-order valence-corrected chi connectivity index (χ2v) is 7.29. The summed E-state index contributed by atoms with van der Waals surface area (Å²) in [6, 6.07) is 9.63. The lowest BCUT2D eigenvalue weighted by Crippen LogP contribution is -2.21. The molecule has 1 aliphatic carbocycles. The highest BCUT2D eigenvalue weighted by atomic mass is 32.2. The van der Waals surface area contributed by atoms with Gasteiger partial charge in [0.2, 0.25) is 0 Å². The largest absolute Gasteiger partial charge is 0.310 e. The fourth-order valence-electron chi connectivity index (χ4n) is 2.60. The van der Waals surface area contributed by atoms with Crippen LogP contribution in [0.5, 0.6) is 0 Å². The molecule has 106 valence electrons. The Labute approximate surface area is 122 Å². The molecule has 0 atom stereocenters. The van der Waals surface area contributed by atoms with Crippen LogP contribution in [0.15, 0.2) is 29.2 Å². The van der Waals surface area contributed by atoms with Gasteiger partial charge in [-0.05, 0) is 30.5 Å². The highest BCUT2D eigenvalue weighted by molar-refractivity contribution is 8.00. The Morgan fingerprint density at radius 3 is 2.58 bits per heavy atom. The Bertz CT molecular complexity index is 367. The van der Waals surface area contributed by atoms with Crippen LogP contribution < -0.4 is 5.32 Å². The molecule has 1 aromatic carbocycles. The number of nitrogens with one attached hydrogen (secondary N) is 1. The molecule has 0 aromatic heterocycles. The van der Waals surface area contributed by atoms with Crippen molar-refractivity contribution >= 4 is 11.8 Å². The Balaban J connectivity index is 1.90. The third-order valence-electron chi connectivity index (χ3n) is 3.72. The smallest absolute Gasteiger partial charge is 0.0208 e. The average molecular weight is 277 g/mol. The molecule has 1 aliphatic rings. The summed E-state index contributed by atoms with van der Waals surface area (Å²) in [5, 5.41) is 4.34. The van der Waals surface area contributed by atoms with Crippen LogP contribution in [0, 0.1) is 0 Å². The fourth-order valence-corrected chi connectivity index (χ4v) is 3.93. The molecule has 1 fully saturated rings. The van der Waals surface area contributed by atoms with E-state index in [9.17, 15) is 0 Å². The molecule has 19 heavy (non-hydrogen) atoms. The molecule has 0 unspecified atom stereocenters. The minimum Gasteiger partial charge on any atom is -0.310 e. The van der Waals surface area contributed by atoms with Crippen LogP contribution >= 0.6 is 11.8 Å². The predicted octanol–water partition coefficient (Wildman–Crippen LogP) is 5.00. The maximum absolute atomic E-state index is 3.49. The van der Waals surface area contributed by atoms with E-state index >= 15 is 0 Å². The molecular formula is C17H27NS. The van der Waals surface area contributed by atoms with Crippen LogP contribution in [-0.2, 0) is 6.54 Å². The van der Waals surface area contributed by atoms with Gasteiger partial charge in [0.1, 0.15) is 0 Å². The zero-order valence-electron chi connectivity index (χ0n) is 12.3. The fraction of sp³-hybridized carbons (Fsp3) is 0.647. The predicted molar refractivity (Wildman–Crippen MR) is 85.8 cm³/mol. The second kappa shape index (κ2) is 7.96. The first-order valence-electron chi connectivity index (χ1n) is 7.73. The molecule has 0 aliphatic heterocycles. The summed E-state index contributed by atoms with van der Waals surface area (Å²) in [6.07, 6.45) is 8.53. The SMILES string of the molecule is CC(C)NCc1cccc(SC2CCCCCC2)c1. The van der Waals surface area contributed by atoms with Crippen LogP contribution in [0.25, 0.3) is 0 Å². The lowest BCUT2D eigenvalue weighted by Gasteiger charge is -2.14. The zero-order chi connectivity index (χ0) is 13.5. The van der Waals surface area contributed by atoms with Gasteiger partial charge in [0, 0.05) is 22.7 Å². The van der Waals surface area contributed by atoms with Crippen molar-refractivity contribution in [2.75, 3.05) is 0 Å². The van der Waals surface area contributed by atoms with Crippen molar-refractivity contribution in [3.05, 3.63) is 29.8 Å². The minimum absolute atomic E-state index is 0.554. The lowest BCUT2D eigenvalue weighted by molar-refractivity contribution is 0.588. The molecule has 2 heteroatoms. The summed E-state index contributed by atoms with van der Waals surface area (Å²) in [6.45, 7) is 5.38. The quantitative estimate of drug-likeness (QED) is 0.760. The van der Waals surface area contributed by atoms with Crippen LogP contribution in [0.1, 0.15) is 57.9 Å². The van der Waals surface area contributed by atoms with E-state index in [2.05, 4.69) is 55.2 Å². The number of thioether (sulfide) groups is 1. The molecule has 0 bridgehead atoms. The summed E-state index contributed by atoms with van der Waals surface area (Å²) in [5.41, 5.74) is 1.41. The van der Waals surface area contributed by atoms with Crippen molar-refractivity contribution in [3.8, 4) is 0 Å². The molecule has 0 saturated heterocycles. The summed E-state index contributed by atoms with van der Waals surface area (Å²) < 4.78 is 0. The van der Waals surface area contributed by atoms with E-state index in [1.807, 2.05) is 0 Å². The molecular weight excluding hydrogens is 250 g/mol. The number of hydrogen-bond acceptors (Lipinski definition) is 2. The standard InChI is InChI=1S/C17H27NS/c1-14(2)18-13-15-8-7-11-17(12-15)19-16-9-5-3-4-6-10-16/h7-8,11-12,14,16,18H,3-6,9-10,13H2,1-2H3. The van der Waals surface area contributed by atoms with Crippen molar-refractivity contribution in [1.82, 2.24) is 5.32 Å². The van der Waals surface area contributed by atoms with Gasteiger partial charge in [0.05, 0.1) is 0 Å². The number of rotatable bonds is 5. The van der Waals surface area contributed by atoms with Gasteiger partial charge in [0.25, 0.3) is 0 Å². The molecule has 2 rings (SSSR count). The molecule has 0 heterocycles. The van der Waals surface area contributed by atoms with Gasteiger partial charge in [0.15, 0.2) is 0 Å². The summed E-state index contributed by atoms with van der Waals surface area (Å²) in [5.74, 6) is 0. The van der Waals surface area contributed by atoms with Gasteiger partial charge in [-0.25, -0.2) is 0 Å². The molecule has 1 nitrogen and oxygen atoms in total. The van der Waals surface area contributed by atoms with Gasteiger partial charge in [-0.15, -0.1) is 11.8 Å². The van der Waals surface area contributed by atoms with E-state index in [0.717, 1.165) is 11.8 Å². The van der Waals surface area contributed by atoms with Crippen LogP contribution in [0.2, 0.25) is 0 Å². The molecule has 0 amide bonds. The summed E-state index contributed by atoms with van der Waals surface area (Å²) in [4.78, 5) is 1.45. The van der Waals surface area contributed by atoms with E-state index < -0.39 is 0 Å². The number of hydrogen-bond donors (Lipinski definition) is 1. The Hall–Kier alpha value is -0.470. The molecule has 0 spiro atoms. The average Bonchev–Trinajstić information content (AvgIpc) is 2.65. The maximum atomic E-state index is 3.49. The molecule has 1 N–H and O–H groups in total. The van der Waals surface area contributed by atoms with E-state index in [4.69, 9.17) is 0 Å². The summed E-state index contributed by atoms with van der Waals surface area (Å²) >= 11 is 2.10. The van der Waals surface area contributed by atoms with Crippen molar-refractivity contribution in [3.63, 3.8) is 0 Å². The molecule has 0 radical (unpaired) electrons. The third-order valence-corrected chi connectivity index (χ3v) is 5.05. The number of benzene rings is 1. The normalized spacial score (nSPS) is 17.6. The van der Waals surface area contributed by atoms with Crippen molar-refractivity contribution < 1.29 is 0 Å². The monoisotopic (exact) mass is 277 g/mol. The van der Waals surface area contributed by atoms with Gasteiger partial charge in [-0.3, -0.25) is 0 Å². The van der Waals surface area contributed by atoms with Crippen molar-refractivity contribution in [1.29, 1.82) is 0 Å². The Morgan fingerprint density at radius 1 is 1.16 bits per heavy atom. The lowest BCUT2D eigenvalue weighted by atomic mass is 10.2. The Morgan fingerprint density at radius 2 is 1.89 bits per heavy atom. The van der Waals surface area contributed by atoms with Crippen LogP contribution in [0.3, 0.4) is 0 Å². The second-order valence-electron chi connectivity index (χ2n) is 5.91. The van der Waals surface area contributed by atoms with Crippen LogP contribution in [-0.4, -0.2) is 11.3 Å². The van der Waals surface area contributed by atoms with E-state index in [1.54, 1.807) is 0 Å². The van der Waals surface area contributed by atoms with Crippen molar-refractivity contribution in [2.24, 2.45) is 0 Å². The van der Waals surface area contributed by atoms with Gasteiger partial charge in [-0.1, -0.05) is 51.7 Å². The van der Waals surface area contributed by atoms with Gasteiger partial charge >= 0.3 is 0 Å². The van der Waals surface area contributed by atoms with E-state index in [-0.39, 0.29) is 0 Å². The highest BCUT2D eigenvalue weighted by Crippen LogP contribution is 2.33. The minimum atomic E-state index is 0.554. The van der Waals surface area contributed by atoms with Gasteiger partial charge in [-0.2, -0.15) is 0 Å². The van der Waals surface area contributed by atoms with E-state index in [0.29, 0.717) is 6.04 Å². The Kier molecular flexibility index (Phi) is 6.25. The first kappa shape index (κ1) is 14.9. The first-order valence-corrected chi connectivity index (χ1v) is 8.61. The summed E-state index contributed by atoms with van der Waals surface area (Å²) in [7, 11) is 0. The maximum Gasteiger partial charge on any atom is 0.0208 e. The van der Waals surface area contributed by atoms with Crippen LogP contribution in [0.4, 0.5) is 0 Å². The van der Waals surface area contributed by atoms with Crippen molar-refractivity contribution in [2.45, 2.75) is 75.1 Å². The molecule has 1 aromatic rings. The van der Waals surface area contributed by atoms with E-state index in [1.165, 1.54) is 49.0 Å². The third kappa shape index (κ3) is 5.58. The molecule has 1 saturated carbocycles. The first-order chi connectivity index (χ1) is 9.24.